The van der Waals surface area contributed by atoms with Gasteiger partial charge in [-0.15, -0.1) is 0 Å². The number of hydrogen-bond donors (Lipinski definition) is 2. The number of carbonyl (C=O) groups excluding carboxylic acids is 2. The lowest BCUT2D eigenvalue weighted by Crippen LogP contribution is -2.52. The lowest BCUT2D eigenvalue weighted by atomic mass is 9.86. The van der Waals surface area contributed by atoms with E-state index in [9.17, 15) is 32.4 Å². The summed E-state index contributed by atoms with van der Waals surface area (Å²) in [7, 11) is 0. The van der Waals surface area contributed by atoms with Crippen molar-refractivity contribution in [2.45, 2.75) is 31.2 Å². The molecule has 1 aliphatic heterocycles. The van der Waals surface area contributed by atoms with Gasteiger partial charge in [0.2, 0.25) is 5.91 Å². The third kappa shape index (κ3) is 5.83. The Balaban J connectivity index is 1.42. The van der Waals surface area contributed by atoms with E-state index in [2.05, 4.69) is 10.3 Å². The largest absolute Gasteiger partial charge is 0.618 e. The second-order valence-electron chi connectivity index (χ2n) is 8.82. The van der Waals surface area contributed by atoms with E-state index in [1.165, 1.54) is 24.4 Å². The number of amides is 2. The summed E-state index contributed by atoms with van der Waals surface area (Å²) in [6.07, 6.45) is 1.64. The van der Waals surface area contributed by atoms with Crippen molar-refractivity contribution in [2.75, 3.05) is 18.4 Å². The highest BCUT2D eigenvalue weighted by Crippen LogP contribution is 2.41. The number of nitrogens with one attached hydrogen (secondary N) is 1. The zero-order valence-electron chi connectivity index (χ0n) is 20.0. The Labute approximate surface area is 214 Å². The molecule has 1 aliphatic rings. The van der Waals surface area contributed by atoms with Gasteiger partial charge >= 0.3 is 5.91 Å². The van der Waals surface area contributed by atoms with Gasteiger partial charge in [-0.3, -0.25) is 14.5 Å². The van der Waals surface area contributed by atoms with Crippen molar-refractivity contribution in [1.82, 2.24) is 9.88 Å². The zero-order valence-corrected chi connectivity index (χ0v) is 20.0. The number of nitrogens with two attached hydrogens (primary N) is 1. The number of primary amides is 1. The molecule has 0 radical (unpaired) electrons. The van der Waals surface area contributed by atoms with Crippen molar-refractivity contribution >= 4 is 17.6 Å². The van der Waals surface area contributed by atoms with Crippen LogP contribution in [0.1, 0.15) is 35.3 Å². The van der Waals surface area contributed by atoms with Crippen molar-refractivity contribution in [3.63, 3.8) is 0 Å². The minimum absolute atomic E-state index is 0.0584. The molecule has 2 unspecified atom stereocenters. The van der Waals surface area contributed by atoms with Crippen LogP contribution in [0.15, 0.2) is 54.9 Å². The molecule has 200 valence electrons. The minimum Gasteiger partial charge on any atom is -0.618 e. The van der Waals surface area contributed by atoms with Crippen LogP contribution in [0.5, 0.6) is 11.5 Å². The molecule has 9 nitrogen and oxygen atoms in total. The number of alkyl halides is 2. The number of carbonyl (C=O) groups is 2. The zero-order chi connectivity index (χ0) is 27.6. The average Bonchev–Trinajstić information content (AvgIpc) is 2.86. The van der Waals surface area contributed by atoms with E-state index in [4.69, 9.17) is 10.5 Å². The molecule has 13 heteroatoms. The third-order valence-corrected chi connectivity index (χ3v) is 6.29. The molecule has 4 rings (SSSR count). The maximum absolute atomic E-state index is 14.8. The molecule has 2 aromatic heterocycles. The number of rotatable bonds is 7. The van der Waals surface area contributed by atoms with E-state index in [1.807, 2.05) is 0 Å². The molecule has 0 aliphatic carbocycles. The molecule has 2 amide bonds. The van der Waals surface area contributed by atoms with E-state index >= 15 is 0 Å². The highest BCUT2D eigenvalue weighted by Gasteiger charge is 2.47. The van der Waals surface area contributed by atoms with E-state index in [0.29, 0.717) is 6.07 Å². The number of pyridine rings is 2. The van der Waals surface area contributed by atoms with Gasteiger partial charge in [0, 0.05) is 37.7 Å². The summed E-state index contributed by atoms with van der Waals surface area (Å²) >= 11 is 0. The van der Waals surface area contributed by atoms with Gasteiger partial charge in [0.25, 0.3) is 11.6 Å². The highest BCUT2D eigenvalue weighted by molar-refractivity contribution is 5.93. The number of nitrogens with zero attached hydrogens (tertiary/aromatic N) is 3. The normalized spacial score (nSPS) is 18.0. The first kappa shape index (κ1) is 26.8. The molecule has 2 atom stereocenters. The van der Waals surface area contributed by atoms with Gasteiger partial charge < -0.3 is 21.0 Å². The van der Waals surface area contributed by atoms with Gasteiger partial charge in [-0.05, 0) is 36.8 Å². The van der Waals surface area contributed by atoms with Crippen LogP contribution in [0.3, 0.4) is 0 Å². The van der Waals surface area contributed by atoms with E-state index in [0.717, 1.165) is 24.4 Å². The van der Waals surface area contributed by atoms with E-state index in [1.54, 1.807) is 11.8 Å². The molecule has 3 aromatic rings. The number of likely N-dealkylation sites (tertiary alicyclic amines) is 1. The number of halogens is 4. The average molecular weight is 533 g/mol. The number of anilines is 1. The SMILES string of the molecule is CC(C(=O)Nc1ccc(Oc2ccc(F)cc2F)cn1)N1CCC(F)(F)C(c2cc[n+]([O-])c(C(N)=O)c2)C1. The number of hydrogen-bond acceptors (Lipinski definition) is 6. The van der Waals surface area contributed by atoms with E-state index < -0.39 is 53.4 Å². The summed E-state index contributed by atoms with van der Waals surface area (Å²) in [5.41, 5.74) is 4.78. The Morgan fingerprint density at radius 2 is 2.00 bits per heavy atom. The molecule has 1 fully saturated rings. The fourth-order valence-corrected chi connectivity index (χ4v) is 4.12. The fraction of sp³-hybridized carbons (Fsp3) is 0.280. The number of ether oxygens (including phenoxy) is 1. The van der Waals surface area contributed by atoms with E-state index in [-0.39, 0.29) is 40.7 Å². The Kier molecular flexibility index (Phi) is 7.49. The maximum atomic E-state index is 14.8. The predicted octanol–water partition coefficient (Wildman–Crippen LogP) is 3.34. The molecular formula is C25H23F4N5O4. The van der Waals surface area contributed by atoms with Crippen LogP contribution in [-0.2, 0) is 4.79 Å². The Hall–Kier alpha value is -4.26. The van der Waals surface area contributed by atoms with Crippen molar-refractivity contribution in [3.05, 3.63) is 83.0 Å². The van der Waals surface area contributed by atoms with Crippen molar-refractivity contribution in [1.29, 1.82) is 0 Å². The smallest absolute Gasteiger partial charge is 0.314 e. The quantitative estimate of drug-likeness (QED) is 0.273. The standard InChI is InChI=1S/C25H23F4N5O4/c1-14(24(36)32-22-5-3-17(12-31-22)38-21-4-2-16(26)11-19(21)27)33-9-7-25(28,29)18(13-33)15-6-8-34(37)20(10-15)23(30)35/h2-6,8,10-12,14,18H,7,9,13H2,1H3,(H2,30,35)(H,31,32,36). The summed E-state index contributed by atoms with van der Waals surface area (Å²) in [6, 6.07) is 7.09. The monoisotopic (exact) mass is 533 g/mol. The molecule has 0 spiro atoms. The Bertz CT molecular complexity index is 1360. The van der Waals surface area contributed by atoms with Gasteiger partial charge in [0.1, 0.15) is 17.4 Å². The first-order valence-corrected chi connectivity index (χ1v) is 11.5. The number of aromatic nitrogens is 2. The third-order valence-electron chi connectivity index (χ3n) is 6.29. The Morgan fingerprint density at radius 1 is 1.24 bits per heavy atom. The lowest BCUT2D eigenvalue weighted by molar-refractivity contribution is -0.607. The predicted molar refractivity (Wildman–Crippen MR) is 127 cm³/mol. The van der Waals surface area contributed by atoms with Gasteiger partial charge in [-0.2, -0.15) is 4.73 Å². The summed E-state index contributed by atoms with van der Waals surface area (Å²) < 4.78 is 62.0. The van der Waals surface area contributed by atoms with Gasteiger partial charge in [-0.1, -0.05) is 0 Å². The van der Waals surface area contributed by atoms with Crippen LogP contribution in [0.4, 0.5) is 23.4 Å². The fourth-order valence-electron chi connectivity index (χ4n) is 4.12. The van der Waals surface area contributed by atoms with Crippen LogP contribution in [0.2, 0.25) is 0 Å². The number of piperidine rings is 1. The van der Waals surface area contributed by atoms with Crippen molar-refractivity contribution in [2.24, 2.45) is 5.73 Å². The second kappa shape index (κ2) is 10.6. The Morgan fingerprint density at radius 3 is 2.66 bits per heavy atom. The van der Waals surface area contributed by atoms with Gasteiger partial charge in [0.05, 0.1) is 18.2 Å². The minimum atomic E-state index is -3.14. The lowest BCUT2D eigenvalue weighted by Gasteiger charge is -2.40. The van der Waals surface area contributed by atoms with Crippen molar-refractivity contribution in [3.8, 4) is 11.5 Å². The van der Waals surface area contributed by atoms with Crippen LogP contribution in [0, 0.1) is 16.8 Å². The van der Waals surface area contributed by atoms with Crippen LogP contribution in [0.25, 0.3) is 0 Å². The molecule has 3 N–H and O–H groups in total. The van der Waals surface area contributed by atoms with Gasteiger partial charge in [-0.25, -0.2) is 22.5 Å². The summed E-state index contributed by atoms with van der Waals surface area (Å²) in [4.78, 5) is 30.0. The molecule has 38 heavy (non-hydrogen) atoms. The van der Waals surface area contributed by atoms with Crippen molar-refractivity contribution < 1.29 is 36.6 Å². The topological polar surface area (TPSA) is 124 Å². The summed E-state index contributed by atoms with van der Waals surface area (Å²) in [5, 5.41) is 14.3. The first-order valence-electron chi connectivity index (χ1n) is 11.5. The molecule has 0 bridgehead atoms. The molecule has 1 aromatic carbocycles. The van der Waals surface area contributed by atoms with Gasteiger partial charge in [0.15, 0.2) is 17.8 Å². The van der Waals surface area contributed by atoms with Crippen LogP contribution in [-0.4, -0.2) is 46.8 Å². The van der Waals surface area contributed by atoms with Crippen LogP contribution >= 0.6 is 0 Å². The first-order chi connectivity index (χ1) is 17.9. The molecule has 3 heterocycles. The molecule has 0 saturated carbocycles. The molecular weight excluding hydrogens is 510 g/mol. The second-order valence-corrected chi connectivity index (χ2v) is 8.82. The summed E-state index contributed by atoms with van der Waals surface area (Å²) in [6.45, 7) is 1.26. The van der Waals surface area contributed by atoms with Crippen LogP contribution < -0.4 is 20.5 Å². The maximum Gasteiger partial charge on any atom is 0.314 e. The highest BCUT2D eigenvalue weighted by atomic mass is 19.3. The number of benzene rings is 1. The molecule has 1 saturated heterocycles. The summed E-state index contributed by atoms with van der Waals surface area (Å²) in [5.74, 6) is -7.65.